The maximum Gasteiger partial charge on any atom is 0.419 e. The Morgan fingerprint density at radius 2 is 1.83 bits per heavy atom. The Bertz CT molecular complexity index is 984. The first-order valence-electron chi connectivity index (χ1n) is 8.50. The van der Waals surface area contributed by atoms with E-state index in [2.05, 4.69) is 10.4 Å². The number of benzene rings is 2. The maximum absolute atomic E-state index is 14.2. The molecule has 5 nitrogen and oxygen atoms in total. The SMILES string of the molecule is Cn1ncc(Cl)c1-c1c(OCCN)ccc(Nc2ccc(Cl)cc2)c1C(F)(F)F. The van der Waals surface area contributed by atoms with Crippen molar-refractivity contribution in [1.82, 2.24) is 9.78 Å². The number of hydrogen-bond donors (Lipinski definition) is 2. The van der Waals surface area contributed by atoms with Crippen LogP contribution in [0.3, 0.4) is 0 Å². The summed E-state index contributed by atoms with van der Waals surface area (Å²) in [4.78, 5) is 0. The van der Waals surface area contributed by atoms with Gasteiger partial charge in [0.1, 0.15) is 12.4 Å². The molecule has 2 aromatic carbocycles. The van der Waals surface area contributed by atoms with Crippen molar-refractivity contribution in [2.24, 2.45) is 12.8 Å². The molecule has 0 fully saturated rings. The molecule has 0 amide bonds. The van der Waals surface area contributed by atoms with Crippen molar-refractivity contribution in [2.75, 3.05) is 18.5 Å². The van der Waals surface area contributed by atoms with Crippen LogP contribution in [0, 0.1) is 0 Å². The van der Waals surface area contributed by atoms with Gasteiger partial charge in [-0.25, -0.2) is 0 Å². The van der Waals surface area contributed by atoms with E-state index >= 15 is 0 Å². The number of aryl methyl sites for hydroxylation is 1. The molecule has 0 saturated heterocycles. The molecule has 0 unspecified atom stereocenters. The maximum atomic E-state index is 14.2. The Morgan fingerprint density at radius 3 is 2.38 bits per heavy atom. The average Bonchev–Trinajstić information content (AvgIpc) is 2.99. The highest BCUT2D eigenvalue weighted by atomic mass is 35.5. The summed E-state index contributed by atoms with van der Waals surface area (Å²) in [6, 6.07) is 9.07. The molecule has 0 aliphatic rings. The molecule has 154 valence electrons. The summed E-state index contributed by atoms with van der Waals surface area (Å²) in [5, 5.41) is 7.30. The molecule has 3 rings (SSSR count). The van der Waals surface area contributed by atoms with E-state index in [4.69, 9.17) is 33.7 Å². The van der Waals surface area contributed by atoms with Crippen LogP contribution in [0.25, 0.3) is 11.3 Å². The monoisotopic (exact) mass is 444 g/mol. The van der Waals surface area contributed by atoms with Crippen LogP contribution in [0.5, 0.6) is 5.75 Å². The quantitative estimate of drug-likeness (QED) is 0.527. The molecule has 1 heterocycles. The zero-order valence-electron chi connectivity index (χ0n) is 15.2. The first-order chi connectivity index (χ1) is 13.7. The number of nitrogens with zero attached hydrogens (tertiary/aromatic N) is 2. The summed E-state index contributed by atoms with van der Waals surface area (Å²) in [7, 11) is 1.51. The lowest BCUT2D eigenvalue weighted by Gasteiger charge is -2.22. The van der Waals surface area contributed by atoms with Crippen LogP contribution in [-0.4, -0.2) is 22.9 Å². The van der Waals surface area contributed by atoms with Crippen molar-refractivity contribution < 1.29 is 17.9 Å². The Hall–Kier alpha value is -2.42. The Morgan fingerprint density at radius 1 is 1.14 bits per heavy atom. The summed E-state index contributed by atoms with van der Waals surface area (Å²) in [6.45, 7) is 0.189. The van der Waals surface area contributed by atoms with E-state index in [1.807, 2.05) is 0 Å². The van der Waals surface area contributed by atoms with E-state index in [9.17, 15) is 13.2 Å². The highest BCUT2D eigenvalue weighted by molar-refractivity contribution is 6.33. The number of anilines is 2. The van der Waals surface area contributed by atoms with Gasteiger partial charge in [0.05, 0.1) is 33.7 Å². The van der Waals surface area contributed by atoms with Gasteiger partial charge in [0.2, 0.25) is 0 Å². The van der Waals surface area contributed by atoms with Crippen LogP contribution in [0.15, 0.2) is 42.6 Å². The zero-order valence-corrected chi connectivity index (χ0v) is 16.7. The number of rotatable bonds is 6. The first kappa shape index (κ1) is 21.3. The lowest BCUT2D eigenvalue weighted by atomic mass is 9.99. The average molecular weight is 445 g/mol. The van der Waals surface area contributed by atoms with Crippen molar-refractivity contribution in [2.45, 2.75) is 6.18 Å². The fourth-order valence-electron chi connectivity index (χ4n) is 2.89. The summed E-state index contributed by atoms with van der Waals surface area (Å²) in [6.07, 6.45) is -3.43. The molecular weight excluding hydrogens is 428 g/mol. The zero-order chi connectivity index (χ0) is 21.2. The normalized spacial score (nSPS) is 11.6. The van der Waals surface area contributed by atoms with Gasteiger partial charge in [0.25, 0.3) is 0 Å². The largest absolute Gasteiger partial charge is 0.492 e. The lowest BCUT2D eigenvalue weighted by molar-refractivity contribution is -0.136. The minimum atomic E-state index is -4.71. The Kier molecular flexibility index (Phi) is 6.26. The van der Waals surface area contributed by atoms with Gasteiger partial charge in [-0.3, -0.25) is 4.68 Å². The van der Waals surface area contributed by atoms with Crippen LogP contribution in [0.4, 0.5) is 24.5 Å². The summed E-state index contributed by atoms with van der Waals surface area (Å²) >= 11 is 12.0. The summed E-state index contributed by atoms with van der Waals surface area (Å²) < 4.78 is 49.4. The molecule has 0 bridgehead atoms. The Balaban J connectivity index is 2.25. The van der Waals surface area contributed by atoms with Gasteiger partial charge in [0.15, 0.2) is 0 Å². The van der Waals surface area contributed by atoms with Crippen molar-refractivity contribution in [3.63, 3.8) is 0 Å². The number of alkyl halides is 3. The van der Waals surface area contributed by atoms with Crippen LogP contribution >= 0.6 is 23.2 Å². The molecule has 0 aliphatic heterocycles. The van der Waals surface area contributed by atoms with Crippen molar-refractivity contribution in [3.05, 3.63) is 58.2 Å². The standard InChI is InChI=1S/C19H17Cl2F3N4O/c1-28-18(13(21)10-26-28)16-15(29-9-8-25)7-6-14(17(16)19(22,23)24)27-12-4-2-11(20)3-5-12/h2-7,10,27H,8-9,25H2,1H3. The third kappa shape index (κ3) is 4.60. The molecule has 3 N–H and O–H groups in total. The summed E-state index contributed by atoms with van der Waals surface area (Å²) in [5.74, 6) is 0.00920. The number of ether oxygens (including phenoxy) is 1. The highest BCUT2D eigenvalue weighted by Gasteiger charge is 2.40. The van der Waals surface area contributed by atoms with Crippen LogP contribution in [0.1, 0.15) is 5.56 Å². The minimum Gasteiger partial charge on any atom is -0.492 e. The van der Waals surface area contributed by atoms with Crippen molar-refractivity contribution in [1.29, 1.82) is 0 Å². The van der Waals surface area contributed by atoms with E-state index in [0.717, 1.165) is 0 Å². The number of halogens is 5. The summed E-state index contributed by atoms with van der Waals surface area (Å²) in [5.41, 5.74) is 4.69. The molecule has 10 heteroatoms. The number of hydrogen-bond acceptors (Lipinski definition) is 4. The minimum absolute atomic E-state index is 0.00920. The van der Waals surface area contributed by atoms with Gasteiger partial charge in [-0.1, -0.05) is 23.2 Å². The third-order valence-corrected chi connectivity index (χ3v) is 4.61. The Labute approximate surface area is 175 Å². The molecule has 0 spiro atoms. The van der Waals surface area contributed by atoms with Crippen LogP contribution in [0.2, 0.25) is 10.0 Å². The molecule has 0 aliphatic carbocycles. The molecular formula is C19H17Cl2F3N4O. The topological polar surface area (TPSA) is 65.1 Å². The van der Waals surface area contributed by atoms with Gasteiger partial charge in [-0.05, 0) is 36.4 Å². The predicted octanol–water partition coefficient (Wildman–Crippen LogP) is 5.49. The van der Waals surface area contributed by atoms with E-state index in [1.54, 1.807) is 24.3 Å². The van der Waals surface area contributed by atoms with E-state index in [0.29, 0.717) is 10.7 Å². The molecule has 1 aromatic heterocycles. The molecule has 29 heavy (non-hydrogen) atoms. The van der Waals surface area contributed by atoms with Gasteiger partial charge in [-0.2, -0.15) is 18.3 Å². The fourth-order valence-corrected chi connectivity index (χ4v) is 3.27. The predicted molar refractivity (Wildman–Crippen MR) is 108 cm³/mol. The highest BCUT2D eigenvalue weighted by Crippen LogP contribution is 2.48. The second-order valence-electron chi connectivity index (χ2n) is 6.09. The van der Waals surface area contributed by atoms with Gasteiger partial charge in [-0.15, -0.1) is 0 Å². The lowest BCUT2D eigenvalue weighted by Crippen LogP contribution is -2.16. The van der Waals surface area contributed by atoms with Crippen LogP contribution in [-0.2, 0) is 13.2 Å². The second-order valence-corrected chi connectivity index (χ2v) is 6.94. The fraction of sp³-hybridized carbons (Fsp3) is 0.211. The number of aromatic nitrogens is 2. The molecule has 0 saturated carbocycles. The number of nitrogens with one attached hydrogen (secondary N) is 1. The molecule has 3 aromatic rings. The van der Waals surface area contributed by atoms with Crippen molar-refractivity contribution in [3.8, 4) is 17.0 Å². The smallest absolute Gasteiger partial charge is 0.419 e. The van der Waals surface area contributed by atoms with E-state index < -0.39 is 11.7 Å². The van der Waals surface area contributed by atoms with Crippen molar-refractivity contribution >= 4 is 34.6 Å². The van der Waals surface area contributed by atoms with Crippen LogP contribution < -0.4 is 15.8 Å². The van der Waals surface area contributed by atoms with E-state index in [-0.39, 0.29) is 40.9 Å². The first-order valence-corrected chi connectivity index (χ1v) is 9.25. The third-order valence-electron chi connectivity index (χ3n) is 4.08. The van der Waals surface area contributed by atoms with Gasteiger partial charge >= 0.3 is 6.18 Å². The number of nitrogens with two attached hydrogens (primary N) is 1. The molecule has 0 radical (unpaired) electrons. The van der Waals surface area contributed by atoms with E-state index in [1.165, 1.54) is 30.1 Å². The molecule has 0 atom stereocenters. The second kappa shape index (κ2) is 8.52. The van der Waals surface area contributed by atoms with Gasteiger partial charge < -0.3 is 15.8 Å². The van der Waals surface area contributed by atoms with Gasteiger partial charge in [0, 0.05) is 24.3 Å².